The Morgan fingerprint density at radius 2 is 1.88 bits per heavy atom. The summed E-state index contributed by atoms with van der Waals surface area (Å²) in [5, 5.41) is 3.19. The van der Waals surface area contributed by atoms with Gasteiger partial charge in [-0.05, 0) is 23.6 Å². The van der Waals surface area contributed by atoms with E-state index in [1.54, 1.807) is 17.0 Å². The van der Waals surface area contributed by atoms with Gasteiger partial charge in [-0.1, -0.05) is 37.6 Å². The molecule has 1 atom stereocenters. The highest BCUT2D eigenvalue weighted by molar-refractivity contribution is 6.30. The third-order valence-corrected chi connectivity index (χ3v) is 4.64. The molecular formula is C18H25ClN4O3. The van der Waals surface area contributed by atoms with Gasteiger partial charge in [-0.15, -0.1) is 0 Å². The average Bonchev–Trinajstić information content (AvgIpc) is 2.62. The zero-order chi connectivity index (χ0) is 19.3. The van der Waals surface area contributed by atoms with E-state index in [1.807, 2.05) is 26.0 Å². The number of hydrogen-bond acceptors (Lipinski definition) is 4. The number of rotatable bonds is 6. The van der Waals surface area contributed by atoms with Crippen LogP contribution < -0.4 is 11.1 Å². The van der Waals surface area contributed by atoms with Gasteiger partial charge in [0, 0.05) is 24.7 Å². The molecule has 3 N–H and O–H groups in total. The molecule has 1 saturated heterocycles. The van der Waals surface area contributed by atoms with E-state index in [4.69, 9.17) is 17.3 Å². The first kappa shape index (κ1) is 20.2. The molecule has 8 heteroatoms. The largest absolute Gasteiger partial charge is 0.346 e. The Bertz CT molecular complexity index is 663. The topological polar surface area (TPSA) is 95.7 Å². The van der Waals surface area contributed by atoms with Gasteiger partial charge in [-0.25, -0.2) is 0 Å². The maximum absolute atomic E-state index is 12.3. The molecule has 1 aliphatic rings. The molecule has 1 aliphatic heterocycles. The smallest absolute Gasteiger partial charge is 0.242 e. The lowest BCUT2D eigenvalue weighted by molar-refractivity contribution is -0.145. The third-order valence-electron chi connectivity index (χ3n) is 4.39. The number of carbonyl (C=O) groups is 3. The van der Waals surface area contributed by atoms with E-state index in [-0.39, 0.29) is 36.7 Å². The van der Waals surface area contributed by atoms with E-state index in [0.717, 1.165) is 5.56 Å². The summed E-state index contributed by atoms with van der Waals surface area (Å²) in [5.41, 5.74) is 6.73. The number of amides is 3. The van der Waals surface area contributed by atoms with Crippen molar-refractivity contribution < 1.29 is 14.4 Å². The summed E-state index contributed by atoms with van der Waals surface area (Å²) in [6, 6.07) is 6.67. The van der Waals surface area contributed by atoms with Crippen molar-refractivity contribution in [1.29, 1.82) is 0 Å². The van der Waals surface area contributed by atoms with Crippen molar-refractivity contribution >= 4 is 29.3 Å². The molecular weight excluding hydrogens is 356 g/mol. The predicted molar refractivity (Wildman–Crippen MR) is 99.3 cm³/mol. The zero-order valence-electron chi connectivity index (χ0n) is 15.1. The molecule has 1 fully saturated rings. The maximum atomic E-state index is 12.3. The van der Waals surface area contributed by atoms with Crippen LogP contribution in [0.5, 0.6) is 0 Å². The Morgan fingerprint density at radius 3 is 2.46 bits per heavy atom. The lowest BCUT2D eigenvalue weighted by Crippen LogP contribution is -2.54. The maximum Gasteiger partial charge on any atom is 0.242 e. The number of halogens is 1. The van der Waals surface area contributed by atoms with E-state index >= 15 is 0 Å². The van der Waals surface area contributed by atoms with Crippen molar-refractivity contribution in [2.75, 3.05) is 26.2 Å². The molecule has 1 aromatic rings. The number of piperazine rings is 1. The fraction of sp³-hybridized carbons (Fsp3) is 0.500. The summed E-state index contributed by atoms with van der Waals surface area (Å²) in [5.74, 6) is -0.775. The highest BCUT2D eigenvalue weighted by atomic mass is 35.5. The SMILES string of the molecule is CC(C)[C@H](N)C(=O)NCC(=O)N1CCN(Cc2ccc(Cl)cc2)C(=O)C1. The fourth-order valence-corrected chi connectivity index (χ4v) is 2.72. The summed E-state index contributed by atoms with van der Waals surface area (Å²) in [6.45, 7) is 4.91. The number of carbonyl (C=O) groups excluding carboxylic acids is 3. The van der Waals surface area contributed by atoms with Crippen LogP contribution in [0.2, 0.25) is 5.02 Å². The second-order valence-corrected chi connectivity index (χ2v) is 7.18. The summed E-state index contributed by atoms with van der Waals surface area (Å²) >= 11 is 5.86. The van der Waals surface area contributed by atoms with Crippen LogP contribution in [0.25, 0.3) is 0 Å². The lowest BCUT2D eigenvalue weighted by atomic mass is 10.1. The minimum Gasteiger partial charge on any atom is -0.346 e. The Morgan fingerprint density at radius 1 is 1.23 bits per heavy atom. The van der Waals surface area contributed by atoms with Crippen LogP contribution in [0.3, 0.4) is 0 Å². The van der Waals surface area contributed by atoms with Gasteiger partial charge in [-0.3, -0.25) is 14.4 Å². The monoisotopic (exact) mass is 380 g/mol. The summed E-state index contributed by atoms with van der Waals surface area (Å²) in [4.78, 5) is 39.5. The molecule has 0 aromatic heterocycles. The Balaban J connectivity index is 1.82. The Labute approximate surface area is 158 Å². The van der Waals surface area contributed by atoms with E-state index in [0.29, 0.717) is 24.7 Å². The van der Waals surface area contributed by atoms with Gasteiger partial charge in [0.2, 0.25) is 17.7 Å². The average molecular weight is 381 g/mol. The van der Waals surface area contributed by atoms with E-state index < -0.39 is 6.04 Å². The van der Waals surface area contributed by atoms with Crippen LogP contribution in [0.4, 0.5) is 0 Å². The second-order valence-electron chi connectivity index (χ2n) is 6.74. The Hall–Kier alpha value is -2.12. The van der Waals surface area contributed by atoms with Gasteiger partial charge in [0.1, 0.15) is 0 Å². The summed E-state index contributed by atoms with van der Waals surface area (Å²) in [7, 11) is 0. The van der Waals surface area contributed by atoms with Crippen LogP contribution >= 0.6 is 11.6 Å². The number of nitrogens with one attached hydrogen (secondary N) is 1. The van der Waals surface area contributed by atoms with Crippen molar-refractivity contribution in [2.24, 2.45) is 11.7 Å². The van der Waals surface area contributed by atoms with E-state index in [9.17, 15) is 14.4 Å². The normalized spacial score (nSPS) is 16.0. The van der Waals surface area contributed by atoms with Crippen molar-refractivity contribution in [3.8, 4) is 0 Å². The molecule has 0 unspecified atom stereocenters. The summed E-state index contributed by atoms with van der Waals surface area (Å²) < 4.78 is 0. The van der Waals surface area contributed by atoms with Gasteiger partial charge in [0.25, 0.3) is 0 Å². The number of nitrogens with zero attached hydrogens (tertiary/aromatic N) is 2. The van der Waals surface area contributed by atoms with Gasteiger partial charge in [0.15, 0.2) is 0 Å². The second kappa shape index (κ2) is 9.00. The lowest BCUT2D eigenvalue weighted by Gasteiger charge is -2.34. The van der Waals surface area contributed by atoms with Crippen LogP contribution in [0.15, 0.2) is 24.3 Å². The molecule has 0 spiro atoms. The molecule has 0 bridgehead atoms. The molecule has 142 valence electrons. The standard InChI is InChI=1S/C18H25ClN4O3/c1-12(2)17(20)18(26)21-9-15(24)23-8-7-22(16(25)11-23)10-13-3-5-14(19)6-4-13/h3-6,12,17H,7-11,20H2,1-2H3,(H,21,26)/t17-/m0/s1. The molecule has 7 nitrogen and oxygen atoms in total. The number of hydrogen-bond donors (Lipinski definition) is 2. The predicted octanol–water partition coefficient (Wildman–Crippen LogP) is 0.610. The van der Waals surface area contributed by atoms with Crippen LogP contribution in [0.1, 0.15) is 19.4 Å². The first-order valence-electron chi connectivity index (χ1n) is 8.61. The molecule has 1 aromatic carbocycles. The van der Waals surface area contributed by atoms with E-state index in [2.05, 4.69) is 5.32 Å². The molecule has 0 aliphatic carbocycles. The van der Waals surface area contributed by atoms with Crippen LogP contribution in [-0.4, -0.2) is 59.7 Å². The number of benzene rings is 1. The third kappa shape index (κ3) is 5.44. The molecule has 2 rings (SSSR count). The molecule has 0 saturated carbocycles. The minimum absolute atomic E-state index is 0.0110. The molecule has 1 heterocycles. The van der Waals surface area contributed by atoms with Gasteiger partial charge < -0.3 is 20.9 Å². The van der Waals surface area contributed by atoms with Crippen molar-refractivity contribution in [3.05, 3.63) is 34.9 Å². The highest BCUT2D eigenvalue weighted by Gasteiger charge is 2.27. The quantitative estimate of drug-likeness (QED) is 0.755. The van der Waals surface area contributed by atoms with Gasteiger partial charge >= 0.3 is 0 Å². The number of nitrogens with two attached hydrogens (primary N) is 1. The molecule has 3 amide bonds. The fourth-order valence-electron chi connectivity index (χ4n) is 2.59. The molecule has 0 radical (unpaired) electrons. The summed E-state index contributed by atoms with van der Waals surface area (Å²) in [6.07, 6.45) is 0. The first-order valence-corrected chi connectivity index (χ1v) is 8.99. The van der Waals surface area contributed by atoms with Gasteiger partial charge in [-0.2, -0.15) is 0 Å². The van der Waals surface area contributed by atoms with Crippen LogP contribution in [-0.2, 0) is 20.9 Å². The van der Waals surface area contributed by atoms with Crippen molar-refractivity contribution in [3.63, 3.8) is 0 Å². The van der Waals surface area contributed by atoms with Crippen molar-refractivity contribution in [2.45, 2.75) is 26.4 Å². The zero-order valence-corrected chi connectivity index (χ0v) is 15.8. The highest BCUT2D eigenvalue weighted by Crippen LogP contribution is 2.13. The Kier molecular flexibility index (Phi) is 6.99. The first-order chi connectivity index (χ1) is 12.3. The van der Waals surface area contributed by atoms with Crippen molar-refractivity contribution in [1.82, 2.24) is 15.1 Å². The van der Waals surface area contributed by atoms with Gasteiger partial charge in [0.05, 0.1) is 19.1 Å². The van der Waals surface area contributed by atoms with E-state index in [1.165, 1.54) is 4.90 Å². The molecule has 26 heavy (non-hydrogen) atoms. The minimum atomic E-state index is -0.652. The van der Waals surface area contributed by atoms with Crippen LogP contribution in [0, 0.1) is 5.92 Å².